The van der Waals surface area contributed by atoms with Crippen molar-refractivity contribution in [2.45, 2.75) is 63.4 Å². The van der Waals surface area contributed by atoms with Gasteiger partial charge in [-0.2, -0.15) is 5.26 Å². The topological polar surface area (TPSA) is 152 Å². The zero-order chi connectivity index (χ0) is 26.3. The molecule has 2 aliphatic rings. The van der Waals surface area contributed by atoms with E-state index in [-0.39, 0.29) is 17.3 Å². The minimum atomic E-state index is -1.02. The predicted octanol–water partition coefficient (Wildman–Crippen LogP) is 3.47. The summed E-state index contributed by atoms with van der Waals surface area (Å²) in [5.41, 5.74) is 3.04. The maximum Gasteiger partial charge on any atom is 0.337 e. The number of hydroxylamine groups is 1. The van der Waals surface area contributed by atoms with Gasteiger partial charge in [0.05, 0.1) is 41.4 Å². The molecule has 1 aromatic heterocycles. The van der Waals surface area contributed by atoms with Gasteiger partial charge in [0.2, 0.25) is 0 Å². The van der Waals surface area contributed by atoms with Crippen LogP contribution in [0, 0.1) is 18.3 Å². The van der Waals surface area contributed by atoms with Crippen molar-refractivity contribution in [3.63, 3.8) is 0 Å². The van der Waals surface area contributed by atoms with Crippen LogP contribution in [0.25, 0.3) is 11.0 Å². The molecule has 2 fully saturated rings. The van der Waals surface area contributed by atoms with Gasteiger partial charge in [-0.15, -0.1) is 0 Å². The highest BCUT2D eigenvalue weighted by Crippen LogP contribution is 2.42. The molecule has 3 unspecified atom stereocenters. The SMILES string of the molecule is Cc1cc([C@@H](C)Nc2ccccc2C(=O)O)c2nc(N3CCC4(CCC(O)C(O)C4)O3)c(C#N)nc2c1. The summed E-state index contributed by atoms with van der Waals surface area (Å²) in [6.45, 7) is 4.32. The first-order chi connectivity index (χ1) is 17.7. The third-order valence-corrected chi connectivity index (χ3v) is 7.26. The number of aryl methyl sites for hydroxylation is 1. The number of benzene rings is 2. The summed E-state index contributed by atoms with van der Waals surface area (Å²) >= 11 is 0. The van der Waals surface area contributed by atoms with Gasteiger partial charge in [0.15, 0.2) is 11.5 Å². The number of carboxylic acids is 1. The molecule has 10 nitrogen and oxygen atoms in total. The molecule has 1 aliphatic carbocycles. The molecule has 4 N–H and O–H groups in total. The van der Waals surface area contributed by atoms with E-state index in [9.17, 15) is 25.4 Å². The van der Waals surface area contributed by atoms with Gasteiger partial charge in [-0.1, -0.05) is 18.2 Å². The van der Waals surface area contributed by atoms with Crippen LogP contribution in [-0.4, -0.2) is 55.6 Å². The number of aromatic nitrogens is 2. The fourth-order valence-corrected chi connectivity index (χ4v) is 5.32. The van der Waals surface area contributed by atoms with Crippen LogP contribution in [0.4, 0.5) is 11.5 Å². The van der Waals surface area contributed by atoms with Gasteiger partial charge in [-0.05, 0) is 56.9 Å². The van der Waals surface area contributed by atoms with Crippen LogP contribution < -0.4 is 10.4 Å². The zero-order valence-corrected chi connectivity index (χ0v) is 20.7. The quantitative estimate of drug-likeness (QED) is 0.407. The largest absolute Gasteiger partial charge is 0.478 e. The summed E-state index contributed by atoms with van der Waals surface area (Å²) in [5, 5.41) is 44.5. The van der Waals surface area contributed by atoms with E-state index in [0.717, 1.165) is 11.1 Å². The van der Waals surface area contributed by atoms with E-state index in [1.54, 1.807) is 29.3 Å². The molecule has 2 aromatic carbocycles. The van der Waals surface area contributed by atoms with E-state index in [4.69, 9.17) is 9.82 Å². The second-order valence-electron chi connectivity index (χ2n) is 9.95. The van der Waals surface area contributed by atoms with E-state index in [1.807, 2.05) is 26.0 Å². The number of hydrogen-bond donors (Lipinski definition) is 4. The van der Waals surface area contributed by atoms with Gasteiger partial charge in [0, 0.05) is 17.7 Å². The van der Waals surface area contributed by atoms with Gasteiger partial charge in [-0.25, -0.2) is 19.8 Å². The normalized spacial score (nSPS) is 24.2. The minimum absolute atomic E-state index is 0.134. The number of nitrogens with zero attached hydrogens (tertiary/aromatic N) is 4. The molecule has 192 valence electrons. The van der Waals surface area contributed by atoms with Crippen molar-refractivity contribution >= 4 is 28.5 Å². The van der Waals surface area contributed by atoms with Crippen molar-refractivity contribution in [1.29, 1.82) is 5.26 Å². The van der Waals surface area contributed by atoms with E-state index in [0.29, 0.717) is 54.8 Å². The summed E-state index contributed by atoms with van der Waals surface area (Å²) in [5.74, 6) is -0.721. The number of anilines is 2. The monoisotopic (exact) mass is 503 g/mol. The average Bonchev–Trinajstić information content (AvgIpc) is 3.28. The number of rotatable bonds is 5. The maximum absolute atomic E-state index is 11.7. The first-order valence-corrected chi connectivity index (χ1v) is 12.3. The molecule has 5 rings (SSSR count). The highest BCUT2D eigenvalue weighted by Gasteiger charge is 2.47. The summed E-state index contributed by atoms with van der Waals surface area (Å²) in [4.78, 5) is 27.4. The highest BCUT2D eigenvalue weighted by atomic mass is 16.7. The van der Waals surface area contributed by atoms with Crippen molar-refractivity contribution in [2.75, 3.05) is 16.9 Å². The van der Waals surface area contributed by atoms with Gasteiger partial charge >= 0.3 is 5.97 Å². The second-order valence-corrected chi connectivity index (χ2v) is 9.95. The van der Waals surface area contributed by atoms with Crippen LogP contribution >= 0.6 is 0 Å². The van der Waals surface area contributed by atoms with Crippen LogP contribution in [-0.2, 0) is 4.84 Å². The molecule has 2 heterocycles. The summed E-state index contributed by atoms with van der Waals surface area (Å²) < 4.78 is 0. The molecule has 0 radical (unpaired) electrons. The molecule has 37 heavy (non-hydrogen) atoms. The fraction of sp³-hybridized carbons (Fsp3) is 0.407. The summed E-state index contributed by atoms with van der Waals surface area (Å²) in [6.07, 6.45) is 0.354. The molecule has 1 saturated heterocycles. The predicted molar refractivity (Wildman–Crippen MR) is 136 cm³/mol. The second kappa shape index (κ2) is 9.59. The lowest BCUT2D eigenvalue weighted by Crippen LogP contribution is -2.45. The third-order valence-electron chi connectivity index (χ3n) is 7.26. The molecular weight excluding hydrogens is 474 g/mol. The number of para-hydroxylation sites is 1. The first-order valence-electron chi connectivity index (χ1n) is 12.3. The number of carboxylic acid groups (broad SMARTS) is 1. The van der Waals surface area contributed by atoms with Gasteiger partial charge in [-0.3, -0.25) is 4.84 Å². The molecule has 3 aromatic rings. The zero-order valence-electron chi connectivity index (χ0n) is 20.7. The van der Waals surface area contributed by atoms with E-state index < -0.39 is 23.8 Å². The van der Waals surface area contributed by atoms with Crippen LogP contribution in [0.1, 0.15) is 65.8 Å². The number of aliphatic hydroxyl groups excluding tert-OH is 2. The van der Waals surface area contributed by atoms with E-state index in [2.05, 4.69) is 16.4 Å². The Labute approximate surface area is 214 Å². The Morgan fingerprint density at radius 3 is 2.76 bits per heavy atom. The Morgan fingerprint density at radius 2 is 2.03 bits per heavy atom. The molecule has 1 aliphatic heterocycles. The first kappa shape index (κ1) is 24.9. The lowest BCUT2D eigenvalue weighted by molar-refractivity contribution is -0.114. The van der Waals surface area contributed by atoms with E-state index in [1.165, 1.54) is 0 Å². The molecule has 0 amide bonds. The van der Waals surface area contributed by atoms with Gasteiger partial charge in [0.1, 0.15) is 11.7 Å². The number of hydrogen-bond acceptors (Lipinski definition) is 9. The molecule has 1 spiro atoms. The van der Waals surface area contributed by atoms with Crippen molar-refractivity contribution in [1.82, 2.24) is 9.97 Å². The maximum atomic E-state index is 11.7. The number of nitriles is 1. The van der Waals surface area contributed by atoms with Crippen LogP contribution in [0.3, 0.4) is 0 Å². The molecule has 1 saturated carbocycles. The molecule has 4 atom stereocenters. The summed E-state index contributed by atoms with van der Waals surface area (Å²) in [7, 11) is 0. The van der Waals surface area contributed by atoms with Gasteiger partial charge in [0.25, 0.3) is 0 Å². The number of nitrogens with one attached hydrogen (secondary N) is 1. The molecular formula is C27H29N5O5. The van der Waals surface area contributed by atoms with Crippen LogP contribution in [0.5, 0.6) is 0 Å². The Morgan fingerprint density at radius 1 is 1.24 bits per heavy atom. The number of aromatic carboxylic acids is 1. The number of carbonyl (C=O) groups is 1. The van der Waals surface area contributed by atoms with Crippen molar-refractivity contribution in [2.24, 2.45) is 0 Å². The van der Waals surface area contributed by atoms with Crippen LogP contribution in [0.2, 0.25) is 0 Å². The highest BCUT2D eigenvalue weighted by molar-refractivity contribution is 5.94. The minimum Gasteiger partial charge on any atom is -0.478 e. The number of fused-ring (bicyclic) bond motifs is 1. The van der Waals surface area contributed by atoms with Crippen molar-refractivity contribution in [3.05, 3.63) is 58.8 Å². The lowest BCUT2D eigenvalue weighted by atomic mass is 9.80. The Balaban J connectivity index is 1.52. The summed E-state index contributed by atoms with van der Waals surface area (Å²) in [6, 6.07) is 12.4. The lowest BCUT2D eigenvalue weighted by Gasteiger charge is -2.37. The van der Waals surface area contributed by atoms with Gasteiger partial charge < -0.3 is 20.6 Å². The fourth-order valence-electron chi connectivity index (χ4n) is 5.32. The molecule has 10 heteroatoms. The van der Waals surface area contributed by atoms with Crippen molar-refractivity contribution in [3.8, 4) is 6.07 Å². The Bertz CT molecular complexity index is 1410. The average molecular weight is 504 g/mol. The molecule has 0 bridgehead atoms. The Kier molecular flexibility index (Phi) is 6.45. The van der Waals surface area contributed by atoms with Crippen molar-refractivity contribution < 1.29 is 25.0 Å². The Hall–Kier alpha value is -3.78. The van der Waals surface area contributed by atoms with E-state index >= 15 is 0 Å². The standard InChI is InChI=1S/C27H29N5O5/c1-15-11-18(16(2)29-19-6-4-3-5-17(19)26(35)36)24-20(12-15)30-21(14-28)25(31-24)32-10-9-27(37-32)8-7-22(33)23(34)13-27/h3-6,11-12,16,22-23,29,33-34H,7-10,13H2,1-2H3,(H,35,36)/t16-,22?,23?,27?/m1/s1. The number of aliphatic hydroxyl groups is 2. The smallest absolute Gasteiger partial charge is 0.337 e. The van der Waals surface area contributed by atoms with Crippen LogP contribution in [0.15, 0.2) is 36.4 Å². The third kappa shape index (κ3) is 4.69.